The van der Waals surface area contributed by atoms with Crippen molar-refractivity contribution in [2.24, 2.45) is 4.99 Å². The maximum atomic E-state index is 9.46. The van der Waals surface area contributed by atoms with E-state index in [0.717, 1.165) is 34.0 Å². The maximum absolute atomic E-state index is 9.46. The molecule has 4 aromatic rings. The number of aromatic nitrogens is 5. The van der Waals surface area contributed by atoms with Crippen molar-refractivity contribution in [2.45, 2.75) is 26.7 Å². The van der Waals surface area contributed by atoms with E-state index in [4.69, 9.17) is 0 Å². The number of fused-ring (bicyclic) bond motifs is 5. The van der Waals surface area contributed by atoms with Crippen LogP contribution in [0, 0.1) is 38.0 Å². The quantitative estimate of drug-likeness (QED) is 0.174. The second kappa shape index (κ2) is 8.74. The molecule has 0 atom stereocenters. The Hall–Kier alpha value is -2.82. The first kappa shape index (κ1) is 21.4. The maximum Gasteiger partial charge on any atom is 2.00 e. The van der Waals surface area contributed by atoms with E-state index in [1.54, 1.807) is 6.33 Å². The molecule has 0 aliphatic carbocycles. The third-order valence-electron chi connectivity index (χ3n) is 5.20. The SMILES string of the molecule is CC(=[N-])N=[C-]c1ncn2c1Cc1c(Cc3ccccc3)nnn1-c1cc(C)ccc1-2.[U+2]. The standard InChI is InChI=1S/C23H19N7.U/c1-15-8-9-20-23(10-15)30-22(18(27-28-30)11-17-6-4-3-5-7-17)12-21-19(13-25-16(2)24)26-14-29(20)21;/h3-10,14H,11-12H2,1-2H3;/q-2;+2. The van der Waals surface area contributed by atoms with Crippen LogP contribution in [0.3, 0.4) is 0 Å². The minimum atomic E-state index is -0.0575. The van der Waals surface area contributed by atoms with Gasteiger partial charge >= 0.3 is 31.1 Å². The van der Waals surface area contributed by atoms with Gasteiger partial charge in [0.1, 0.15) is 0 Å². The monoisotopic (exact) mass is 631 g/mol. The van der Waals surface area contributed by atoms with Crippen LogP contribution in [0.15, 0.2) is 59.9 Å². The zero-order valence-electron chi connectivity index (χ0n) is 17.2. The van der Waals surface area contributed by atoms with Crippen LogP contribution in [-0.4, -0.2) is 36.6 Å². The van der Waals surface area contributed by atoms with Crippen molar-refractivity contribution in [2.75, 3.05) is 0 Å². The Morgan fingerprint density at radius 2 is 1.94 bits per heavy atom. The van der Waals surface area contributed by atoms with Gasteiger partial charge in [0.05, 0.1) is 29.1 Å². The van der Waals surface area contributed by atoms with Crippen LogP contribution >= 0.6 is 0 Å². The van der Waals surface area contributed by atoms with Gasteiger partial charge in [-0.2, -0.15) is 12.1 Å². The van der Waals surface area contributed by atoms with Gasteiger partial charge in [0.25, 0.3) is 0 Å². The molecule has 0 radical (unpaired) electrons. The van der Waals surface area contributed by atoms with E-state index < -0.39 is 0 Å². The van der Waals surface area contributed by atoms with Crippen LogP contribution in [0.25, 0.3) is 16.8 Å². The normalized spacial score (nSPS) is 11.9. The van der Waals surface area contributed by atoms with Crippen molar-refractivity contribution in [3.8, 4) is 11.4 Å². The van der Waals surface area contributed by atoms with Gasteiger partial charge in [-0.05, 0) is 48.0 Å². The molecular formula is C23H19N7U. The topological polar surface area (TPSA) is 83.2 Å². The van der Waals surface area contributed by atoms with Crippen LogP contribution in [0.4, 0.5) is 0 Å². The first-order chi connectivity index (χ1) is 14.6. The van der Waals surface area contributed by atoms with E-state index in [-0.39, 0.29) is 36.9 Å². The number of nitrogens with zero attached hydrogens (tertiary/aromatic N) is 7. The average Bonchev–Trinajstić information content (AvgIpc) is 3.28. The number of imidazole rings is 1. The molecule has 2 aromatic heterocycles. The molecule has 7 nitrogen and oxygen atoms in total. The number of aliphatic imine (C=N–C) groups is 1. The Bertz CT molecular complexity index is 1280. The fourth-order valence-corrected chi connectivity index (χ4v) is 3.77. The largest absolute Gasteiger partial charge is 2.00 e. The predicted octanol–water partition coefficient (Wildman–Crippen LogP) is 3.54. The van der Waals surface area contributed by atoms with Crippen molar-refractivity contribution in [1.82, 2.24) is 24.5 Å². The zero-order chi connectivity index (χ0) is 20.7. The number of hydrogen-bond donors (Lipinski definition) is 0. The van der Waals surface area contributed by atoms with E-state index in [9.17, 15) is 5.41 Å². The van der Waals surface area contributed by atoms with Gasteiger partial charge < -0.3 is 15.0 Å². The number of aryl methyl sites for hydroxylation is 1. The molecule has 0 unspecified atom stereocenters. The first-order valence-electron chi connectivity index (χ1n) is 9.74. The molecule has 0 N–H and O–H groups in total. The Kier molecular flexibility index (Phi) is 6.04. The fourth-order valence-electron chi connectivity index (χ4n) is 3.77. The Morgan fingerprint density at radius 3 is 2.71 bits per heavy atom. The van der Waals surface area contributed by atoms with E-state index in [0.29, 0.717) is 18.5 Å². The summed E-state index contributed by atoms with van der Waals surface area (Å²) in [5.74, 6) is -0.0575. The summed E-state index contributed by atoms with van der Waals surface area (Å²) in [5, 5.41) is 18.5. The molecular weight excluding hydrogens is 612 g/mol. The Morgan fingerprint density at radius 1 is 1.13 bits per heavy atom. The molecule has 0 spiro atoms. The number of rotatable bonds is 3. The average molecular weight is 631 g/mol. The summed E-state index contributed by atoms with van der Waals surface area (Å²) in [6, 6.07) is 16.5. The molecule has 2 aromatic carbocycles. The van der Waals surface area contributed by atoms with Gasteiger partial charge in [0, 0.05) is 6.42 Å². The smallest absolute Gasteiger partial charge is 0.573 e. The van der Waals surface area contributed by atoms with Gasteiger partial charge in [0.2, 0.25) is 0 Å². The summed E-state index contributed by atoms with van der Waals surface area (Å²) in [6.45, 7) is 3.57. The predicted molar refractivity (Wildman–Crippen MR) is 116 cm³/mol. The molecule has 0 saturated heterocycles. The van der Waals surface area contributed by atoms with Gasteiger partial charge in [-0.15, -0.1) is 5.10 Å². The van der Waals surface area contributed by atoms with Gasteiger partial charge in [-0.1, -0.05) is 48.5 Å². The minimum Gasteiger partial charge on any atom is -0.573 e. The Labute approximate surface area is 204 Å². The second-order valence-electron chi connectivity index (χ2n) is 7.41. The van der Waals surface area contributed by atoms with E-state index >= 15 is 0 Å². The molecule has 0 amide bonds. The summed E-state index contributed by atoms with van der Waals surface area (Å²) >= 11 is 0. The van der Waals surface area contributed by atoms with Gasteiger partial charge in [0.15, 0.2) is 0 Å². The molecule has 8 heteroatoms. The minimum absolute atomic E-state index is 0. The van der Waals surface area contributed by atoms with Crippen molar-refractivity contribution in [3.05, 3.63) is 94.2 Å². The van der Waals surface area contributed by atoms with Crippen LogP contribution < -0.4 is 0 Å². The van der Waals surface area contributed by atoms with Crippen LogP contribution in [-0.2, 0) is 12.8 Å². The summed E-state index contributed by atoms with van der Waals surface area (Å²) in [6.07, 6.45) is 5.91. The van der Waals surface area contributed by atoms with Crippen molar-refractivity contribution >= 4 is 12.1 Å². The molecule has 0 saturated carbocycles. The summed E-state index contributed by atoms with van der Waals surface area (Å²) in [7, 11) is 0. The van der Waals surface area contributed by atoms with Crippen LogP contribution in [0.1, 0.15) is 40.8 Å². The molecule has 150 valence electrons. The molecule has 1 aliphatic rings. The second-order valence-corrected chi connectivity index (χ2v) is 7.41. The summed E-state index contributed by atoms with van der Waals surface area (Å²) in [5.41, 5.74) is 7.71. The van der Waals surface area contributed by atoms with E-state index in [2.05, 4.69) is 63.8 Å². The molecule has 3 heterocycles. The molecule has 5 rings (SSSR count). The molecule has 1 aliphatic heterocycles. The van der Waals surface area contributed by atoms with Gasteiger partial charge in [-0.25, -0.2) is 4.68 Å². The zero-order valence-corrected chi connectivity index (χ0v) is 21.4. The van der Waals surface area contributed by atoms with Crippen LogP contribution in [0.5, 0.6) is 0 Å². The molecule has 31 heavy (non-hydrogen) atoms. The van der Waals surface area contributed by atoms with E-state index in [1.165, 1.54) is 12.5 Å². The summed E-state index contributed by atoms with van der Waals surface area (Å²) < 4.78 is 3.97. The van der Waals surface area contributed by atoms with Crippen molar-refractivity contribution in [3.63, 3.8) is 0 Å². The number of hydrogen-bond acceptors (Lipinski definition) is 3. The van der Waals surface area contributed by atoms with Crippen molar-refractivity contribution < 1.29 is 31.1 Å². The summed E-state index contributed by atoms with van der Waals surface area (Å²) in [4.78, 5) is 8.41. The molecule has 0 bridgehead atoms. The van der Waals surface area contributed by atoms with Crippen LogP contribution in [0.2, 0.25) is 0 Å². The third kappa shape index (κ3) is 4.06. The first-order valence-corrected chi connectivity index (χ1v) is 9.74. The Balaban J connectivity index is 0.00000231. The van der Waals surface area contributed by atoms with E-state index in [1.807, 2.05) is 27.4 Å². The number of amidine groups is 1. The fraction of sp³-hybridized carbons (Fsp3) is 0.174. The number of benzene rings is 2. The van der Waals surface area contributed by atoms with Crippen molar-refractivity contribution in [1.29, 1.82) is 0 Å². The van der Waals surface area contributed by atoms with Gasteiger partial charge in [-0.3, -0.25) is 4.98 Å². The molecule has 0 fully saturated rings. The third-order valence-corrected chi connectivity index (χ3v) is 5.20.